The van der Waals surface area contributed by atoms with Gasteiger partial charge in [-0.15, -0.1) is 11.3 Å². The number of aryl methyl sites for hydroxylation is 1. The van der Waals surface area contributed by atoms with E-state index in [0.29, 0.717) is 10.1 Å². The van der Waals surface area contributed by atoms with Gasteiger partial charge in [-0.05, 0) is 53.4 Å². The van der Waals surface area contributed by atoms with E-state index in [-0.39, 0.29) is 5.91 Å². The Hall–Kier alpha value is -1.85. The van der Waals surface area contributed by atoms with E-state index in [0.717, 1.165) is 17.0 Å². The second-order valence-corrected chi connectivity index (χ2v) is 6.53. The number of aliphatic imine (C=N–C) groups is 1. The summed E-state index contributed by atoms with van der Waals surface area (Å²) in [6.07, 6.45) is 2.91. The number of amidine groups is 1. The molecule has 1 N–H and O–H groups in total. The van der Waals surface area contributed by atoms with Gasteiger partial charge in [0.25, 0.3) is 5.91 Å². The SMILES string of the molecule is CCc1ccc(N=C2NC(=O)/C(=C/c3cccs3)S2)cc1. The minimum atomic E-state index is -0.0858. The van der Waals surface area contributed by atoms with Crippen molar-refractivity contribution < 1.29 is 4.79 Å². The first-order valence-electron chi connectivity index (χ1n) is 6.66. The topological polar surface area (TPSA) is 41.5 Å². The molecule has 0 spiro atoms. The first-order valence-corrected chi connectivity index (χ1v) is 8.36. The lowest BCUT2D eigenvalue weighted by Gasteiger charge is -1.98. The molecule has 3 nitrogen and oxygen atoms in total. The van der Waals surface area contributed by atoms with Gasteiger partial charge in [-0.2, -0.15) is 0 Å². The van der Waals surface area contributed by atoms with E-state index < -0.39 is 0 Å². The van der Waals surface area contributed by atoms with Crippen molar-refractivity contribution in [2.45, 2.75) is 13.3 Å². The molecule has 1 amide bonds. The number of carbonyl (C=O) groups excluding carboxylic acids is 1. The summed E-state index contributed by atoms with van der Waals surface area (Å²) >= 11 is 2.99. The van der Waals surface area contributed by atoms with Crippen molar-refractivity contribution in [2.75, 3.05) is 0 Å². The molecule has 5 heteroatoms. The van der Waals surface area contributed by atoms with E-state index in [1.807, 2.05) is 35.7 Å². The first-order chi connectivity index (χ1) is 10.2. The van der Waals surface area contributed by atoms with Crippen LogP contribution < -0.4 is 5.32 Å². The third kappa shape index (κ3) is 3.43. The molecule has 0 bridgehead atoms. The number of thiophene rings is 1. The van der Waals surface area contributed by atoms with Gasteiger partial charge < -0.3 is 5.32 Å². The summed E-state index contributed by atoms with van der Waals surface area (Å²) in [6.45, 7) is 2.12. The molecule has 0 saturated carbocycles. The number of amides is 1. The van der Waals surface area contributed by atoms with Crippen LogP contribution in [0.25, 0.3) is 6.08 Å². The van der Waals surface area contributed by atoms with Gasteiger partial charge in [0.1, 0.15) is 0 Å². The average Bonchev–Trinajstić information content (AvgIpc) is 3.11. The zero-order valence-electron chi connectivity index (χ0n) is 11.5. The summed E-state index contributed by atoms with van der Waals surface area (Å²) in [5.41, 5.74) is 2.13. The molecule has 0 radical (unpaired) electrons. The van der Waals surface area contributed by atoms with Crippen molar-refractivity contribution >= 4 is 45.9 Å². The van der Waals surface area contributed by atoms with Crippen LogP contribution >= 0.6 is 23.1 Å². The van der Waals surface area contributed by atoms with E-state index in [9.17, 15) is 4.79 Å². The molecule has 1 aliphatic rings. The lowest BCUT2D eigenvalue weighted by atomic mass is 10.2. The summed E-state index contributed by atoms with van der Waals surface area (Å²) < 4.78 is 0. The van der Waals surface area contributed by atoms with Gasteiger partial charge in [0, 0.05) is 4.88 Å². The van der Waals surface area contributed by atoms with Crippen LogP contribution in [0.1, 0.15) is 17.4 Å². The average molecular weight is 314 g/mol. The van der Waals surface area contributed by atoms with Crippen LogP contribution in [-0.2, 0) is 11.2 Å². The van der Waals surface area contributed by atoms with Crippen LogP contribution in [0.15, 0.2) is 51.7 Å². The summed E-state index contributed by atoms with van der Waals surface area (Å²) in [4.78, 5) is 18.2. The minimum absolute atomic E-state index is 0.0858. The van der Waals surface area contributed by atoms with Crippen molar-refractivity contribution in [1.82, 2.24) is 5.32 Å². The Kier molecular flexibility index (Phi) is 4.22. The third-order valence-corrected chi connectivity index (χ3v) is 4.77. The minimum Gasteiger partial charge on any atom is -0.300 e. The van der Waals surface area contributed by atoms with Gasteiger partial charge in [0.2, 0.25) is 0 Å². The second-order valence-electron chi connectivity index (χ2n) is 4.52. The molecule has 0 atom stereocenters. The largest absolute Gasteiger partial charge is 0.300 e. The lowest BCUT2D eigenvalue weighted by Crippen LogP contribution is -2.19. The van der Waals surface area contributed by atoms with E-state index in [2.05, 4.69) is 29.4 Å². The van der Waals surface area contributed by atoms with Crippen LogP contribution in [0.3, 0.4) is 0 Å². The molecule has 2 aromatic rings. The van der Waals surface area contributed by atoms with Crippen molar-refractivity contribution in [3.05, 3.63) is 57.1 Å². The number of thioether (sulfide) groups is 1. The number of hydrogen-bond acceptors (Lipinski definition) is 4. The van der Waals surface area contributed by atoms with Gasteiger partial charge in [0.05, 0.1) is 10.6 Å². The van der Waals surface area contributed by atoms with Crippen molar-refractivity contribution in [1.29, 1.82) is 0 Å². The fraction of sp³-hybridized carbons (Fsp3) is 0.125. The normalized spacial score (nSPS) is 18.4. The number of benzene rings is 1. The fourth-order valence-corrected chi connectivity index (χ4v) is 3.47. The first kappa shape index (κ1) is 14.1. The smallest absolute Gasteiger partial charge is 0.264 e. The second kappa shape index (κ2) is 6.28. The molecule has 0 aliphatic carbocycles. The molecule has 1 aromatic heterocycles. The van der Waals surface area contributed by atoms with Crippen molar-refractivity contribution in [3.63, 3.8) is 0 Å². The summed E-state index contributed by atoms with van der Waals surface area (Å²) in [5.74, 6) is -0.0858. The maximum atomic E-state index is 11.9. The van der Waals surface area contributed by atoms with Gasteiger partial charge in [-0.3, -0.25) is 4.79 Å². The Bertz CT molecular complexity index is 700. The quantitative estimate of drug-likeness (QED) is 0.863. The number of rotatable bonds is 3. The van der Waals surface area contributed by atoms with E-state index in [4.69, 9.17) is 0 Å². The van der Waals surface area contributed by atoms with E-state index in [1.165, 1.54) is 17.3 Å². The molecule has 1 fully saturated rings. The summed E-state index contributed by atoms with van der Waals surface area (Å²) in [5, 5.41) is 5.43. The fourth-order valence-electron chi connectivity index (χ4n) is 1.91. The molecule has 106 valence electrons. The Balaban J connectivity index is 1.78. The Labute approximate surface area is 131 Å². The van der Waals surface area contributed by atoms with Crippen LogP contribution in [0.4, 0.5) is 5.69 Å². The van der Waals surface area contributed by atoms with Crippen LogP contribution in [0, 0.1) is 0 Å². The van der Waals surface area contributed by atoms with Gasteiger partial charge in [-0.25, -0.2) is 4.99 Å². The monoisotopic (exact) mass is 314 g/mol. The number of carbonyl (C=O) groups is 1. The van der Waals surface area contributed by atoms with Crippen LogP contribution in [-0.4, -0.2) is 11.1 Å². The Morgan fingerprint density at radius 1 is 1.24 bits per heavy atom. The Morgan fingerprint density at radius 2 is 2.05 bits per heavy atom. The number of nitrogens with one attached hydrogen (secondary N) is 1. The molecule has 1 aromatic carbocycles. The molecule has 1 aliphatic heterocycles. The molecular formula is C16H14N2OS2. The summed E-state index contributed by atoms with van der Waals surface area (Å²) in [7, 11) is 0. The van der Waals surface area contributed by atoms with Gasteiger partial charge in [0.15, 0.2) is 5.17 Å². The van der Waals surface area contributed by atoms with Crippen LogP contribution in [0.2, 0.25) is 0 Å². The molecule has 2 heterocycles. The van der Waals surface area contributed by atoms with Crippen molar-refractivity contribution in [3.8, 4) is 0 Å². The predicted molar refractivity (Wildman–Crippen MR) is 90.9 cm³/mol. The summed E-state index contributed by atoms with van der Waals surface area (Å²) in [6, 6.07) is 12.0. The zero-order chi connectivity index (χ0) is 14.7. The highest BCUT2D eigenvalue weighted by atomic mass is 32.2. The maximum absolute atomic E-state index is 11.9. The van der Waals surface area contributed by atoms with Crippen molar-refractivity contribution in [2.24, 2.45) is 4.99 Å². The van der Waals surface area contributed by atoms with E-state index >= 15 is 0 Å². The highest BCUT2D eigenvalue weighted by Crippen LogP contribution is 2.29. The van der Waals surface area contributed by atoms with Gasteiger partial charge >= 0.3 is 0 Å². The number of hydrogen-bond donors (Lipinski definition) is 1. The van der Waals surface area contributed by atoms with E-state index in [1.54, 1.807) is 11.3 Å². The molecule has 1 saturated heterocycles. The number of nitrogens with zero attached hydrogens (tertiary/aromatic N) is 1. The predicted octanol–water partition coefficient (Wildman–Crippen LogP) is 4.20. The molecule has 21 heavy (non-hydrogen) atoms. The maximum Gasteiger partial charge on any atom is 0.264 e. The lowest BCUT2D eigenvalue weighted by molar-refractivity contribution is -0.115. The standard InChI is InChI=1S/C16H14N2OS2/c1-2-11-5-7-12(8-6-11)17-16-18-15(19)14(21-16)10-13-4-3-9-20-13/h3-10H,2H2,1H3,(H,17,18,19)/b14-10-. The van der Waals surface area contributed by atoms with Crippen LogP contribution in [0.5, 0.6) is 0 Å². The molecular weight excluding hydrogens is 300 g/mol. The molecule has 3 rings (SSSR count). The Morgan fingerprint density at radius 3 is 2.71 bits per heavy atom. The highest BCUT2D eigenvalue weighted by Gasteiger charge is 2.23. The highest BCUT2D eigenvalue weighted by molar-refractivity contribution is 8.18. The third-order valence-electron chi connectivity index (χ3n) is 3.04. The zero-order valence-corrected chi connectivity index (χ0v) is 13.1. The van der Waals surface area contributed by atoms with Gasteiger partial charge in [-0.1, -0.05) is 25.1 Å². The molecule has 0 unspecified atom stereocenters.